The number of halogens is 6. The second kappa shape index (κ2) is 11.9. The van der Waals surface area contributed by atoms with Gasteiger partial charge in [0.25, 0.3) is 5.69 Å². The lowest BCUT2D eigenvalue weighted by Gasteiger charge is -2.22. The number of rotatable bonds is 11. The fourth-order valence-electron chi connectivity index (χ4n) is 3.44. The maximum absolute atomic E-state index is 13.5. The van der Waals surface area contributed by atoms with Gasteiger partial charge in [-0.15, -0.1) is 0 Å². The van der Waals surface area contributed by atoms with E-state index in [9.17, 15) is 36.1 Å². The zero-order chi connectivity index (χ0) is 27.4. The number of nitrogens with one attached hydrogen (secondary N) is 1. The fourth-order valence-corrected chi connectivity index (χ4v) is 6.26. The number of hydrogen-bond acceptors (Lipinski definition) is 5. The SMILES string of the molecule is O=[N+]([O-])c1ccccc1S(=O)(=O)NC(CCc1c(Br)cccc1Br)c1cccc(OC(F)(F)C(F)F)c1. The van der Waals surface area contributed by atoms with E-state index in [2.05, 4.69) is 41.3 Å². The van der Waals surface area contributed by atoms with Gasteiger partial charge in [-0.05, 0) is 54.3 Å². The molecular weight excluding hydrogens is 652 g/mol. The number of nitrogens with zero attached hydrogens (tertiary/aromatic N) is 1. The van der Waals surface area contributed by atoms with Crippen molar-refractivity contribution in [3.8, 4) is 5.75 Å². The summed E-state index contributed by atoms with van der Waals surface area (Å²) in [4.78, 5) is 9.96. The maximum atomic E-state index is 13.5. The van der Waals surface area contributed by atoms with Crippen LogP contribution >= 0.6 is 31.9 Å². The van der Waals surface area contributed by atoms with Crippen LogP contribution in [0, 0.1) is 10.1 Å². The van der Waals surface area contributed by atoms with Crippen LogP contribution in [0.15, 0.2) is 80.6 Å². The Morgan fingerprint density at radius 2 is 1.62 bits per heavy atom. The molecule has 0 amide bonds. The first kappa shape index (κ1) is 29.0. The average Bonchev–Trinajstić information content (AvgIpc) is 2.82. The van der Waals surface area contributed by atoms with Gasteiger partial charge in [-0.25, -0.2) is 13.1 Å². The third-order valence-corrected chi connectivity index (χ3v) is 8.17. The van der Waals surface area contributed by atoms with Crippen molar-refractivity contribution in [3.05, 3.63) is 96.9 Å². The molecule has 0 aliphatic carbocycles. The lowest BCUT2D eigenvalue weighted by Crippen LogP contribution is -2.33. The van der Waals surface area contributed by atoms with Gasteiger partial charge in [0, 0.05) is 21.1 Å². The third kappa shape index (κ3) is 7.27. The lowest BCUT2D eigenvalue weighted by molar-refractivity contribution is -0.387. The van der Waals surface area contributed by atoms with E-state index in [1.54, 1.807) is 18.2 Å². The summed E-state index contributed by atoms with van der Waals surface area (Å²) in [6.07, 6.45) is -8.52. The minimum absolute atomic E-state index is 0.0652. The topological polar surface area (TPSA) is 98.5 Å². The third-order valence-electron chi connectivity index (χ3n) is 5.16. The number of hydrogen-bond donors (Lipinski definition) is 1. The molecule has 0 aliphatic rings. The zero-order valence-electron chi connectivity index (χ0n) is 18.6. The molecule has 0 spiro atoms. The molecule has 14 heteroatoms. The summed E-state index contributed by atoms with van der Waals surface area (Å²) in [5, 5.41) is 11.4. The monoisotopic (exact) mass is 668 g/mol. The molecule has 3 rings (SSSR count). The second-order valence-electron chi connectivity index (χ2n) is 7.67. The van der Waals surface area contributed by atoms with Gasteiger partial charge in [-0.2, -0.15) is 17.6 Å². The number of sulfonamides is 1. The molecule has 0 fully saturated rings. The van der Waals surface area contributed by atoms with E-state index in [1.165, 1.54) is 24.3 Å². The van der Waals surface area contributed by atoms with Crippen LogP contribution in [0.3, 0.4) is 0 Å². The number of benzene rings is 3. The number of ether oxygens (including phenoxy) is 1. The number of nitro benzene ring substituents is 1. The summed E-state index contributed by atoms with van der Waals surface area (Å²) < 4.78 is 86.6. The zero-order valence-corrected chi connectivity index (χ0v) is 22.6. The Labute approximate surface area is 226 Å². The second-order valence-corrected chi connectivity index (χ2v) is 11.1. The first-order valence-corrected chi connectivity index (χ1v) is 13.5. The predicted octanol–water partition coefficient (Wildman–Crippen LogP) is 7.01. The highest BCUT2D eigenvalue weighted by Crippen LogP contribution is 2.33. The minimum atomic E-state index is -4.77. The molecule has 0 aliphatic heterocycles. The molecule has 1 unspecified atom stereocenters. The van der Waals surface area contributed by atoms with Crippen LogP contribution in [0.2, 0.25) is 0 Å². The number of alkyl halides is 4. The van der Waals surface area contributed by atoms with Crippen LogP contribution in [0.25, 0.3) is 0 Å². The van der Waals surface area contributed by atoms with E-state index in [0.29, 0.717) is 0 Å². The smallest absolute Gasteiger partial charge is 0.428 e. The van der Waals surface area contributed by atoms with Crippen LogP contribution in [-0.2, 0) is 16.4 Å². The van der Waals surface area contributed by atoms with Gasteiger partial charge in [0.15, 0.2) is 4.90 Å². The summed E-state index contributed by atoms with van der Waals surface area (Å²) in [6, 6.07) is 13.6. The van der Waals surface area contributed by atoms with Crippen molar-refractivity contribution in [1.82, 2.24) is 4.72 Å². The summed E-state index contributed by atoms with van der Waals surface area (Å²) in [5.41, 5.74) is 0.234. The van der Waals surface area contributed by atoms with Crippen molar-refractivity contribution < 1.29 is 35.6 Å². The maximum Gasteiger partial charge on any atom is 0.461 e. The molecule has 0 saturated heterocycles. The van der Waals surface area contributed by atoms with Gasteiger partial charge in [-0.1, -0.05) is 62.2 Å². The number of nitro groups is 1. The van der Waals surface area contributed by atoms with E-state index in [1.807, 2.05) is 0 Å². The molecule has 37 heavy (non-hydrogen) atoms. The normalized spacial score (nSPS) is 12.9. The van der Waals surface area contributed by atoms with Crippen LogP contribution in [0.5, 0.6) is 5.75 Å². The van der Waals surface area contributed by atoms with E-state index in [-0.39, 0.29) is 18.4 Å². The van der Waals surface area contributed by atoms with Gasteiger partial charge in [0.1, 0.15) is 5.75 Å². The van der Waals surface area contributed by atoms with Crippen molar-refractivity contribution >= 4 is 47.6 Å². The van der Waals surface area contributed by atoms with E-state index in [0.717, 1.165) is 38.8 Å². The molecule has 0 bridgehead atoms. The fraction of sp³-hybridized carbons (Fsp3) is 0.217. The standard InChI is InChI=1S/C23H18Br2F4N2O5S/c24-17-7-4-8-18(25)16(17)11-12-19(14-5-3-6-15(13-14)36-23(28,29)22(26)27)30-37(34,35)21-10-2-1-9-20(21)31(32)33/h1-10,13,19,22,30H,11-12H2. The Morgan fingerprint density at radius 1 is 1.00 bits per heavy atom. The van der Waals surface area contributed by atoms with Crippen LogP contribution in [0.4, 0.5) is 23.2 Å². The molecule has 0 aromatic heterocycles. The summed E-state index contributed by atoms with van der Waals surface area (Å²) >= 11 is 6.83. The molecule has 1 atom stereocenters. The van der Waals surface area contributed by atoms with Crippen molar-refractivity contribution in [2.24, 2.45) is 0 Å². The quantitative estimate of drug-likeness (QED) is 0.135. The Kier molecular flexibility index (Phi) is 9.32. The average molecular weight is 670 g/mol. The van der Waals surface area contributed by atoms with Crippen LogP contribution in [0.1, 0.15) is 23.6 Å². The van der Waals surface area contributed by atoms with Gasteiger partial charge >= 0.3 is 12.5 Å². The summed E-state index contributed by atoms with van der Waals surface area (Å²) in [7, 11) is -4.49. The van der Waals surface area contributed by atoms with Gasteiger partial charge in [-0.3, -0.25) is 10.1 Å². The Balaban J connectivity index is 2.01. The highest BCUT2D eigenvalue weighted by Gasteiger charge is 2.44. The van der Waals surface area contributed by atoms with Crippen LogP contribution < -0.4 is 9.46 Å². The molecule has 0 heterocycles. The van der Waals surface area contributed by atoms with E-state index < -0.39 is 49.9 Å². The van der Waals surface area contributed by atoms with Crippen molar-refractivity contribution in [2.45, 2.75) is 36.3 Å². The van der Waals surface area contributed by atoms with Gasteiger partial charge in [0.2, 0.25) is 10.0 Å². The molecule has 0 saturated carbocycles. The van der Waals surface area contributed by atoms with Gasteiger partial charge < -0.3 is 4.74 Å². The van der Waals surface area contributed by atoms with Crippen LogP contribution in [-0.4, -0.2) is 25.9 Å². The molecule has 3 aromatic carbocycles. The number of para-hydroxylation sites is 1. The first-order chi connectivity index (χ1) is 17.3. The Morgan fingerprint density at radius 3 is 2.24 bits per heavy atom. The minimum Gasteiger partial charge on any atom is -0.428 e. The predicted molar refractivity (Wildman–Crippen MR) is 134 cm³/mol. The Hall–Kier alpha value is -2.55. The molecular formula is C23H18Br2F4N2O5S. The highest BCUT2D eigenvalue weighted by atomic mass is 79.9. The van der Waals surface area contributed by atoms with Gasteiger partial charge in [0.05, 0.1) is 4.92 Å². The summed E-state index contributed by atoms with van der Waals surface area (Å²) in [5.74, 6) is -0.611. The molecule has 3 aromatic rings. The Bertz CT molecular complexity index is 1370. The molecule has 198 valence electrons. The summed E-state index contributed by atoms with van der Waals surface area (Å²) in [6.45, 7) is 0. The first-order valence-electron chi connectivity index (χ1n) is 10.5. The highest BCUT2D eigenvalue weighted by molar-refractivity contribution is 9.11. The van der Waals surface area contributed by atoms with Crippen molar-refractivity contribution in [1.29, 1.82) is 0 Å². The molecule has 0 radical (unpaired) electrons. The van der Waals surface area contributed by atoms with Crippen molar-refractivity contribution in [2.75, 3.05) is 0 Å². The van der Waals surface area contributed by atoms with E-state index >= 15 is 0 Å². The van der Waals surface area contributed by atoms with Crippen molar-refractivity contribution in [3.63, 3.8) is 0 Å². The molecule has 7 nitrogen and oxygen atoms in total. The lowest BCUT2D eigenvalue weighted by atomic mass is 9.99. The molecule has 1 N–H and O–H groups in total. The largest absolute Gasteiger partial charge is 0.461 e. The van der Waals surface area contributed by atoms with E-state index in [4.69, 9.17) is 0 Å².